The molecule has 0 spiro atoms. The van der Waals surface area contributed by atoms with Gasteiger partial charge in [-0.25, -0.2) is 4.98 Å². The molecule has 0 radical (unpaired) electrons. The topological polar surface area (TPSA) is 46.4 Å². The Labute approximate surface area is 157 Å². The number of piperidine rings is 1. The van der Waals surface area contributed by atoms with Crippen LogP contribution < -0.4 is 10.2 Å². The quantitative estimate of drug-likeness (QED) is 0.728. The number of hydrogen-bond acceptors (Lipinski definition) is 3. The largest absolute Gasteiger partial charge is 0.347 e. The first-order valence-corrected chi connectivity index (χ1v) is 10.1. The van der Waals surface area contributed by atoms with E-state index in [9.17, 15) is 4.79 Å². The van der Waals surface area contributed by atoms with Gasteiger partial charge in [-0.1, -0.05) is 42.5 Å². The van der Waals surface area contributed by atoms with Crippen LogP contribution in [0.2, 0.25) is 0 Å². The summed E-state index contributed by atoms with van der Waals surface area (Å²) in [5.74, 6) is 0.604. The molecule has 134 valence electrons. The number of para-hydroxylation sites is 1. The summed E-state index contributed by atoms with van der Waals surface area (Å²) in [6.07, 6.45) is 2.33. The highest BCUT2D eigenvalue weighted by molar-refractivity contribution is 7.18. The molecule has 1 aromatic heterocycles. The Morgan fingerprint density at radius 3 is 2.81 bits per heavy atom. The van der Waals surface area contributed by atoms with Crippen molar-refractivity contribution in [2.45, 2.75) is 25.3 Å². The molecule has 1 unspecified atom stereocenters. The van der Waals surface area contributed by atoms with E-state index in [1.165, 1.54) is 21.0 Å². The monoisotopic (exact) mass is 366 g/mol. The minimum Gasteiger partial charge on any atom is -0.347 e. The van der Waals surface area contributed by atoms with Crippen LogP contribution in [0.5, 0.6) is 0 Å². The van der Waals surface area contributed by atoms with E-state index in [1.54, 1.807) is 0 Å². The fourth-order valence-corrected chi connectivity index (χ4v) is 4.78. The van der Waals surface area contributed by atoms with Gasteiger partial charge < -0.3 is 10.2 Å². The summed E-state index contributed by atoms with van der Waals surface area (Å²) < 4.78 is 1.26. The number of amides is 1. The van der Waals surface area contributed by atoms with Crippen molar-refractivity contribution >= 4 is 27.5 Å². The molecular weight excluding hydrogens is 342 g/mol. The van der Waals surface area contributed by atoms with Crippen molar-refractivity contribution in [3.8, 4) is 0 Å². The van der Waals surface area contributed by atoms with Crippen molar-refractivity contribution in [1.82, 2.24) is 10.3 Å². The minimum atomic E-state index is 0.133. The number of aromatic nitrogens is 1. The second-order valence-corrected chi connectivity index (χ2v) is 8.06. The molecule has 0 bridgehead atoms. The standard InChI is InChI=1S/C21H23N3OS/c25-20(22-13-16-7-2-1-3-8-16)15-24-12-6-9-17(14-24)21-23-18-10-4-5-11-19(18)26-21/h1-5,7-8,10-11,17H,6,9,12-15H2,(H,22,25)/p+1/t17-/m0/s1. The molecule has 1 saturated heterocycles. The van der Waals surface area contributed by atoms with Crippen molar-refractivity contribution in [3.05, 3.63) is 65.2 Å². The van der Waals surface area contributed by atoms with E-state index >= 15 is 0 Å². The average Bonchev–Trinajstić information content (AvgIpc) is 3.12. The predicted octanol–water partition coefficient (Wildman–Crippen LogP) is 2.38. The molecule has 1 aliphatic rings. The average molecular weight is 367 g/mol. The summed E-state index contributed by atoms with van der Waals surface area (Å²) in [5, 5.41) is 4.28. The van der Waals surface area contributed by atoms with Crippen LogP contribution in [-0.4, -0.2) is 30.5 Å². The zero-order chi connectivity index (χ0) is 17.8. The van der Waals surface area contributed by atoms with Gasteiger partial charge >= 0.3 is 0 Å². The van der Waals surface area contributed by atoms with Crippen LogP contribution in [0.3, 0.4) is 0 Å². The van der Waals surface area contributed by atoms with Crippen molar-refractivity contribution < 1.29 is 9.69 Å². The van der Waals surface area contributed by atoms with E-state index in [1.807, 2.05) is 47.7 Å². The van der Waals surface area contributed by atoms with Gasteiger partial charge in [0.15, 0.2) is 6.54 Å². The molecule has 3 aromatic rings. The Balaban J connectivity index is 1.33. The highest BCUT2D eigenvalue weighted by Crippen LogP contribution is 2.30. The first kappa shape index (κ1) is 17.2. The number of nitrogens with one attached hydrogen (secondary N) is 2. The van der Waals surface area contributed by atoms with E-state index < -0.39 is 0 Å². The molecule has 0 saturated carbocycles. The molecule has 1 aliphatic heterocycles. The number of nitrogens with zero attached hydrogens (tertiary/aromatic N) is 1. The number of likely N-dealkylation sites (tertiary alicyclic amines) is 1. The fraction of sp³-hybridized carbons (Fsp3) is 0.333. The van der Waals surface area contributed by atoms with Crippen LogP contribution in [0, 0.1) is 0 Å². The number of quaternary nitrogens is 1. The first-order valence-electron chi connectivity index (χ1n) is 9.27. The van der Waals surface area contributed by atoms with Gasteiger partial charge in [0.2, 0.25) is 0 Å². The molecule has 26 heavy (non-hydrogen) atoms. The summed E-state index contributed by atoms with van der Waals surface area (Å²) in [7, 11) is 0. The van der Waals surface area contributed by atoms with Gasteiger partial charge in [-0.2, -0.15) is 0 Å². The van der Waals surface area contributed by atoms with Gasteiger partial charge in [0.25, 0.3) is 5.91 Å². The van der Waals surface area contributed by atoms with Crippen molar-refractivity contribution in [1.29, 1.82) is 0 Å². The maximum Gasteiger partial charge on any atom is 0.275 e. The Kier molecular flexibility index (Phi) is 5.27. The van der Waals surface area contributed by atoms with Crippen LogP contribution >= 0.6 is 11.3 Å². The van der Waals surface area contributed by atoms with E-state index in [-0.39, 0.29) is 5.91 Å². The fourth-order valence-electron chi connectivity index (χ4n) is 3.67. The lowest BCUT2D eigenvalue weighted by molar-refractivity contribution is -0.898. The molecule has 1 amide bonds. The van der Waals surface area contributed by atoms with Gasteiger partial charge in [-0.3, -0.25) is 4.79 Å². The molecule has 4 nitrogen and oxygen atoms in total. The third-order valence-corrected chi connectivity index (χ3v) is 6.22. The van der Waals surface area contributed by atoms with Crippen molar-refractivity contribution in [2.75, 3.05) is 19.6 Å². The number of rotatable bonds is 5. The molecule has 5 heteroatoms. The molecule has 2 heterocycles. The second-order valence-electron chi connectivity index (χ2n) is 7.00. The normalized spacial score (nSPS) is 20.2. The predicted molar refractivity (Wildman–Crippen MR) is 105 cm³/mol. The Morgan fingerprint density at radius 1 is 1.15 bits per heavy atom. The number of carbonyl (C=O) groups excluding carboxylic acids is 1. The Morgan fingerprint density at radius 2 is 1.96 bits per heavy atom. The Hall–Kier alpha value is -2.24. The van der Waals surface area contributed by atoms with Crippen molar-refractivity contribution in [3.63, 3.8) is 0 Å². The lowest BCUT2D eigenvalue weighted by Crippen LogP contribution is -3.14. The highest BCUT2D eigenvalue weighted by atomic mass is 32.1. The lowest BCUT2D eigenvalue weighted by Gasteiger charge is -2.28. The molecule has 4 rings (SSSR count). The minimum absolute atomic E-state index is 0.133. The second kappa shape index (κ2) is 7.98. The number of thiazole rings is 1. The maximum atomic E-state index is 12.3. The van der Waals surface area contributed by atoms with Crippen molar-refractivity contribution in [2.24, 2.45) is 0 Å². The lowest BCUT2D eigenvalue weighted by atomic mass is 9.99. The summed E-state index contributed by atoms with van der Waals surface area (Å²) >= 11 is 1.81. The third-order valence-electron chi connectivity index (χ3n) is 5.02. The molecular formula is C21H24N3OS+. The smallest absolute Gasteiger partial charge is 0.275 e. The summed E-state index contributed by atoms with van der Waals surface area (Å²) in [4.78, 5) is 18.5. The third kappa shape index (κ3) is 4.11. The molecule has 0 aliphatic carbocycles. The number of benzene rings is 2. The summed E-state index contributed by atoms with van der Waals surface area (Å²) in [5.41, 5.74) is 2.24. The highest BCUT2D eigenvalue weighted by Gasteiger charge is 2.28. The summed E-state index contributed by atoms with van der Waals surface area (Å²) in [6.45, 7) is 3.22. The molecule has 2 N–H and O–H groups in total. The maximum absolute atomic E-state index is 12.3. The number of fused-ring (bicyclic) bond motifs is 1. The van der Waals surface area contributed by atoms with Crippen LogP contribution in [-0.2, 0) is 11.3 Å². The van der Waals surface area contributed by atoms with Gasteiger partial charge in [-0.15, -0.1) is 11.3 Å². The van der Waals surface area contributed by atoms with Crippen LogP contribution in [0.15, 0.2) is 54.6 Å². The summed E-state index contributed by atoms with van der Waals surface area (Å²) in [6, 6.07) is 18.4. The van der Waals surface area contributed by atoms with Crippen LogP contribution in [0.4, 0.5) is 0 Å². The molecule has 1 fully saturated rings. The van der Waals surface area contributed by atoms with Crippen LogP contribution in [0.1, 0.15) is 29.3 Å². The molecule has 2 aromatic carbocycles. The van der Waals surface area contributed by atoms with Crippen LogP contribution in [0.25, 0.3) is 10.2 Å². The zero-order valence-electron chi connectivity index (χ0n) is 14.8. The van der Waals surface area contributed by atoms with E-state index in [2.05, 4.69) is 23.5 Å². The Bertz CT molecular complexity index is 844. The number of hydrogen-bond donors (Lipinski definition) is 2. The van der Waals surface area contributed by atoms with Gasteiger partial charge in [-0.05, 0) is 30.5 Å². The van der Waals surface area contributed by atoms with E-state index in [4.69, 9.17) is 4.98 Å². The number of carbonyl (C=O) groups is 1. The van der Waals surface area contributed by atoms with Gasteiger partial charge in [0, 0.05) is 6.54 Å². The van der Waals surface area contributed by atoms with Gasteiger partial charge in [0.05, 0.1) is 29.2 Å². The SMILES string of the molecule is O=C(C[NH+]1CCC[C@H](c2nc3ccccc3s2)C1)NCc1ccccc1. The zero-order valence-corrected chi connectivity index (χ0v) is 15.6. The van der Waals surface area contributed by atoms with E-state index in [0.29, 0.717) is 19.0 Å². The van der Waals surface area contributed by atoms with Gasteiger partial charge in [0.1, 0.15) is 5.01 Å². The van der Waals surface area contributed by atoms with E-state index in [0.717, 1.165) is 30.6 Å². The molecule has 2 atom stereocenters. The first-order chi connectivity index (χ1) is 12.8.